The molecule has 34 heavy (non-hydrogen) atoms. The molecule has 0 saturated carbocycles. The highest BCUT2D eigenvalue weighted by atomic mass is 35.5. The highest BCUT2D eigenvalue weighted by Gasteiger charge is 2.26. The van der Waals surface area contributed by atoms with Gasteiger partial charge in [0.25, 0.3) is 0 Å². The predicted octanol–water partition coefficient (Wildman–Crippen LogP) is 5.73. The quantitative estimate of drug-likeness (QED) is 0.370. The Labute approximate surface area is 204 Å². The third kappa shape index (κ3) is 6.35. The molecule has 0 aliphatic carbocycles. The zero-order valence-corrected chi connectivity index (χ0v) is 20.8. The van der Waals surface area contributed by atoms with Crippen LogP contribution in [-0.2, 0) is 17.7 Å². The lowest BCUT2D eigenvalue weighted by molar-refractivity contribution is 0.0500. The molecule has 0 aliphatic heterocycles. The van der Waals surface area contributed by atoms with Crippen molar-refractivity contribution in [3.8, 4) is 0 Å². The first kappa shape index (κ1) is 25.7. The van der Waals surface area contributed by atoms with Crippen molar-refractivity contribution in [3.05, 3.63) is 39.9 Å². The van der Waals surface area contributed by atoms with Crippen molar-refractivity contribution >= 4 is 51.2 Å². The monoisotopic (exact) mass is 512 g/mol. The molecule has 0 saturated heterocycles. The topological polar surface area (TPSA) is 118 Å². The van der Waals surface area contributed by atoms with Crippen molar-refractivity contribution in [2.75, 3.05) is 11.6 Å². The average molecular weight is 513 g/mol. The van der Waals surface area contributed by atoms with E-state index in [9.17, 15) is 19.1 Å². The number of nitrogens with zero attached hydrogens (tertiary/aromatic N) is 3. The average Bonchev–Trinajstić information content (AvgIpc) is 3.33. The molecule has 1 atom stereocenters. The second-order valence-electron chi connectivity index (χ2n) is 8.62. The molecule has 9 nitrogen and oxygen atoms in total. The van der Waals surface area contributed by atoms with Gasteiger partial charge < -0.3 is 19.6 Å². The van der Waals surface area contributed by atoms with Gasteiger partial charge in [0, 0.05) is 17.3 Å². The number of halogens is 2. The van der Waals surface area contributed by atoms with E-state index in [2.05, 4.69) is 15.3 Å². The van der Waals surface area contributed by atoms with Crippen molar-refractivity contribution in [1.82, 2.24) is 15.3 Å². The Bertz CT molecular complexity index is 1160. The lowest BCUT2D eigenvalue weighted by Crippen LogP contribution is -2.40. The van der Waals surface area contributed by atoms with Crippen LogP contribution in [-0.4, -0.2) is 45.6 Å². The number of carbonyl (C=O) groups excluding carboxylic acids is 1. The van der Waals surface area contributed by atoms with Gasteiger partial charge in [-0.05, 0) is 63.4 Å². The van der Waals surface area contributed by atoms with E-state index >= 15 is 0 Å². The summed E-state index contributed by atoms with van der Waals surface area (Å²) in [5.41, 5.74) is 0.564. The van der Waals surface area contributed by atoms with Crippen molar-refractivity contribution in [2.45, 2.75) is 58.7 Å². The van der Waals surface area contributed by atoms with Gasteiger partial charge in [-0.1, -0.05) is 0 Å². The van der Waals surface area contributed by atoms with Crippen LogP contribution in [0.4, 0.5) is 19.8 Å². The van der Waals surface area contributed by atoms with Crippen LogP contribution in [0.3, 0.4) is 0 Å². The molecule has 0 radical (unpaired) electrons. The van der Waals surface area contributed by atoms with Gasteiger partial charge in [-0.2, -0.15) is 4.98 Å². The van der Waals surface area contributed by atoms with Gasteiger partial charge in [0.1, 0.15) is 11.4 Å². The Hall–Kier alpha value is -2.92. The van der Waals surface area contributed by atoms with E-state index in [1.54, 1.807) is 32.9 Å². The number of hydrogen-bond acceptors (Lipinski definition) is 7. The molecule has 0 spiro atoms. The Morgan fingerprint density at radius 1 is 1.38 bits per heavy atom. The van der Waals surface area contributed by atoms with E-state index in [0.29, 0.717) is 22.4 Å². The van der Waals surface area contributed by atoms with Gasteiger partial charge in [0.15, 0.2) is 5.82 Å². The van der Waals surface area contributed by atoms with Crippen molar-refractivity contribution in [3.63, 3.8) is 0 Å². The van der Waals surface area contributed by atoms with Crippen LogP contribution < -0.4 is 10.2 Å². The molecule has 3 aromatic rings. The summed E-state index contributed by atoms with van der Waals surface area (Å²) in [6.07, 6.45) is -0.0242. The highest BCUT2D eigenvalue weighted by Crippen LogP contribution is 2.37. The minimum absolute atomic E-state index is 0.0677. The molecule has 0 bridgehead atoms. The van der Waals surface area contributed by atoms with Crippen LogP contribution in [0, 0.1) is 6.92 Å². The number of alkyl halides is 1. The fraction of sp³-hybridized carbons (Fsp3) is 0.455. The molecule has 3 rings (SSSR count). The molecule has 12 heteroatoms. The van der Waals surface area contributed by atoms with Gasteiger partial charge in [-0.3, -0.25) is 9.29 Å². The SMILES string of the molecule is Cc1c(C[C@H](CCF)NC(=O)OC(C)(C)C)sc2c(N(Cc3ccco3)C(=O)O)nc(Cl)nc12. The second kappa shape index (κ2) is 10.6. The summed E-state index contributed by atoms with van der Waals surface area (Å²) in [6.45, 7) is 6.35. The Morgan fingerprint density at radius 3 is 2.71 bits per heavy atom. The number of thiophene rings is 1. The number of fused-ring (bicyclic) bond motifs is 1. The number of hydrogen-bond donors (Lipinski definition) is 2. The smallest absolute Gasteiger partial charge is 0.413 e. The fourth-order valence-electron chi connectivity index (χ4n) is 3.32. The van der Waals surface area contributed by atoms with Crippen molar-refractivity contribution < 1.29 is 28.2 Å². The van der Waals surface area contributed by atoms with Crippen LogP contribution in [0.25, 0.3) is 10.2 Å². The van der Waals surface area contributed by atoms with E-state index in [1.165, 1.54) is 17.6 Å². The van der Waals surface area contributed by atoms with Crippen LogP contribution >= 0.6 is 22.9 Å². The summed E-state index contributed by atoms with van der Waals surface area (Å²) in [6, 6.07) is 2.79. The molecule has 3 aromatic heterocycles. The Balaban J connectivity index is 1.95. The summed E-state index contributed by atoms with van der Waals surface area (Å²) < 4.78 is 24.3. The van der Waals surface area contributed by atoms with E-state index in [4.69, 9.17) is 20.8 Å². The maximum Gasteiger partial charge on any atom is 0.413 e. The number of nitrogens with one attached hydrogen (secondary N) is 1. The third-order valence-electron chi connectivity index (χ3n) is 4.81. The number of amides is 2. The summed E-state index contributed by atoms with van der Waals surface area (Å²) in [7, 11) is 0. The minimum atomic E-state index is -1.23. The molecule has 184 valence electrons. The molecule has 3 heterocycles. The van der Waals surface area contributed by atoms with Gasteiger partial charge in [-0.15, -0.1) is 11.3 Å². The molecular formula is C22H26ClFN4O5S. The largest absolute Gasteiger partial charge is 0.467 e. The zero-order valence-electron chi connectivity index (χ0n) is 19.2. The second-order valence-corrected chi connectivity index (χ2v) is 10.1. The summed E-state index contributed by atoms with van der Waals surface area (Å²) in [4.78, 5) is 34.6. The Morgan fingerprint density at radius 2 is 2.12 bits per heavy atom. The lowest BCUT2D eigenvalue weighted by atomic mass is 10.1. The van der Waals surface area contributed by atoms with Crippen LogP contribution in [0.5, 0.6) is 0 Å². The van der Waals surface area contributed by atoms with Gasteiger partial charge in [-0.25, -0.2) is 14.6 Å². The summed E-state index contributed by atoms with van der Waals surface area (Å²) >= 11 is 7.42. The number of carboxylic acid groups (broad SMARTS) is 1. The lowest BCUT2D eigenvalue weighted by Gasteiger charge is -2.23. The first-order valence-electron chi connectivity index (χ1n) is 10.5. The summed E-state index contributed by atoms with van der Waals surface area (Å²) in [5, 5.41) is 12.5. The number of aryl methyl sites for hydroxylation is 1. The molecule has 0 unspecified atom stereocenters. The highest BCUT2D eigenvalue weighted by molar-refractivity contribution is 7.19. The van der Waals surface area contributed by atoms with Crippen LogP contribution in [0.2, 0.25) is 5.28 Å². The normalized spacial score (nSPS) is 12.5. The van der Waals surface area contributed by atoms with Crippen molar-refractivity contribution in [1.29, 1.82) is 0 Å². The number of ether oxygens (including phenoxy) is 1. The molecular weight excluding hydrogens is 487 g/mol. The zero-order chi connectivity index (χ0) is 25.0. The number of alkyl carbamates (subject to hydrolysis) is 1. The maximum absolute atomic E-state index is 13.2. The first-order valence-corrected chi connectivity index (χ1v) is 11.7. The minimum Gasteiger partial charge on any atom is -0.467 e. The summed E-state index contributed by atoms with van der Waals surface area (Å²) in [5.74, 6) is 0.559. The third-order valence-corrected chi connectivity index (χ3v) is 6.28. The van der Waals surface area contributed by atoms with Crippen LogP contribution in [0.1, 0.15) is 43.4 Å². The standard InChI is InChI=1S/C22H26ClFN4O5S/c1-12-15(10-13(7-8-24)25-20(29)33-22(2,3)4)34-17-16(12)26-19(23)27-18(17)28(21(30)31)11-14-6-5-9-32-14/h5-6,9,13H,7-8,10-11H2,1-4H3,(H,25,29)(H,30,31)/t13-/m0/s1. The number of rotatable bonds is 8. The number of anilines is 1. The number of carbonyl (C=O) groups is 2. The van der Waals surface area contributed by atoms with E-state index in [0.717, 1.165) is 15.3 Å². The van der Waals surface area contributed by atoms with Gasteiger partial charge >= 0.3 is 12.2 Å². The van der Waals surface area contributed by atoms with Crippen LogP contribution in [0.15, 0.2) is 22.8 Å². The maximum atomic E-state index is 13.2. The molecule has 0 fully saturated rings. The van der Waals surface area contributed by atoms with Gasteiger partial charge in [0.2, 0.25) is 5.28 Å². The molecule has 0 aromatic carbocycles. The van der Waals surface area contributed by atoms with Gasteiger partial charge in [0.05, 0.1) is 29.7 Å². The first-order chi connectivity index (χ1) is 16.0. The predicted molar refractivity (Wildman–Crippen MR) is 128 cm³/mol. The van der Waals surface area contributed by atoms with E-state index in [1.807, 2.05) is 6.92 Å². The van der Waals surface area contributed by atoms with E-state index in [-0.39, 0.29) is 24.1 Å². The molecule has 0 aliphatic rings. The number of furan rings is 1. The van der Waals surface area contributed by atoms with E-state index < -0.39 is 30.5 Å². The fourth-order valence-corrected chi connectivity index (χ4v) is 4.80. The van der Waals surface area contributed by atoms with Crippen molar-refractivity contribution in [2.24, 2.45) is 0 Å². The number of aromatic nitrogens is 2. The molecule has 2 N–H and O–H groups in total. The Kier molecular flexibility index (Phi) is 7.98. The molecule has 2 amide bonds.